The van der Waals surface area contributed by atoms with E-state index in [1.807, 2.05) is 13.8 Å². The second-order valence-corrected chi connectivity index (χ2v) is 14.4. The quantitative estimate of drug-likeness (QED) is 0.1000. The Morgan fingerprint density at radius 3 is 1.43 bits per heavy atom. The maximum Gasteiger partial charge on any atom is 0.226 e. The molecule has 3 aliphatic rings. The number of imidazole rings is 2. The molecule has 56 heavy (non-hydrogen) atoms. The average molecular weight is 816 g/mol. The maximum absolute atomic E-state index is 11.0. The second kappa shape index (κ2) is 14.6. The molecule has 6 aromatic heterocycles. The number of rotatable bonds is 10. The SMILES string of the molecule is CCn1nnc([C@H]2OC(n3cnc4c(N[C@H]5CC[C@H](Nc6nc(Cl)nc7c6ncn7C6O[C@H](c7nnn(CC)n7)[C@@H](O)[C@H]6O)CC5)nc(Cl)nc43)[C@H](O)[C@@H]2O)n1. The van der Waals surface area contributed by atoms with Gasteiger partial charge in [-0.05, 0) is 73.2 Å². The van der Waals surface area contributed by atoms with Crippen LogP contribution in [0.4, 0.5) is 11.6 Å². The van der Waals surface area contributed by atoms with Crippen LogP contribution in [0.15, 0.2) is 12.7 Å². The van der Waals surface area contributed by atoms with E-state index in [-0.39, 0.29) is 34.3 Å². The second-order valence-electron chi connectivity index (χ2n) is 13.7. The first-order chi connectivity index (χ1) is 27.1. The Labute approximate surface area is 325 Å². The fraction of sp³-hybridized carbons (Fsp3) is 0.600. The van der Waals surface area contributed by atoms with E-state index >= 15 is 0 Å². The zero-order valence-electron chi connectivity index (χ0n) is 29.7. The zero-order chi connectivity index (χ0) is 38.8. The van der Waals surface area contributed by atoms with Gasteiger partial charge >= 0.3 is 0 Å². The Hall–Kier alpha value is -4.82. The molecular formula is C30H36Cl2N18O6. The number of nitrogens with one attached hydrogen (secondary N) is 2. The molecule has 0 radical (unpaired) electrons. The predicted octanol–water partition coefficient (Wildman–Crippen LogP) is 0.105. The Balaban J connectivity index is 0.873. The van der Waals surface area contributed by atoms with Crippen molar-refractivity contribution in [1.82, 2.24) is 79.5 Å². The van der Waals surface area contributed by atoms with Crippen molar-refractivity contribution in [3.05, 3.63) is 34.9 Å². The smallest absolute Gasteiger partial charge is 0.226 e. The number of aliphatic hydroxyl groups excluding tert-OH is 4. The number of aliphatic hydroxyl groups is 4. The van der Waals surface area contributed by atoms with Crippen molar-refractivity contribution in [2.45, 2.75) is 114 Å². The van der Waals surface area contributed by atoms with Gasteiger partial charge in [0.25, 0.3) is 0 Å². The monoisotopic (exact) mass is 814 g/mol. The van der Waals surface area contributed by atoms with Crippen LogP contribution >= 0.6 is 23.2 Å². The van der Waals surface area contributed by atoms with Crippen LogP contribution in [-0.2, 0) is 22.6 Å². The van der Waals surface area contributed by atoms with Crippen molar-refractivity contribution in [1.29, 1.82) is 0 Å². The third-order valence-corrected chi connectivity index (χ3v) is 10.6. The number of ether oxygens (including phenoxy) is 2. The molecule has 2 saturated heterocycles. The van der Waals surface area contributed by atoms with Gasteiger partial charge in [0.15, 0.2) is 58.6 Å². The number of fused-ring (bicyclic) bond motifs is 2. The highest BCUT2D eigenvalue weighted by atomic mass is 35.5. The molecule has 1 aliphatic carbocycles. The molecule has 3 fully saturated rings. The molecule has 0 spiro atoms. The molecule has 0 aromatic carbocycles. The number of nitrogens with zero attached hydrogens (tertiary/aromatic N) is 16. The first-order valence-corrected chi connectivity index (χ1v) is 18.8. The summed E-state index contributed by atoms with van der Waals surface area (Å²) in [6.45, 7) is 4.65. The van der Waals surface area contributed by atoms with Crippen LogP contribution in [0.1, 0.15) is 75.8 Å². The molecule has 6 N–H and O–H groups in total. The fourth-order valence-corrected chi connectivity index (χ4v) is 7.66. The molecular weight excluding hydrogens is 779 g/mol. The summed E-state index contributed by atoms with van der Waals surface area (Å²) < 4.78 is 15.0. The van der Waals surface area contributed by atoms with Gasteiger partial charge in [0.1, 0.15) is 24.4 Å². The minimum absolute atomic E-state index is 0.00106. The van der Waals surface area contributed by atoms with E-state index < -0.39 is 49.1 Å². The van der Waals surface area contributed by atoms with Crippen LogP contribution in [0, 0.1) is 0 Å². The van der Waals surface area contributed by atoms with Crippen LogP contribution in [0.25, 0.3) is 22.3 Å². The van der Waals surface area contributed by atoms with Crippen LogP contribution < -0.4 is 10.6 Å². The van der Waals surface area contributed by atoms with Gasteiger partial charge in [-0.3, -0.25) is 9.13 Å². The van der Waals surface area contributed by atoms with Crippen LogP contribution in [0.3, 0.4) is 0 Å². The van der Waals surface area contributed by atoms with Crippen molar-refractivity contribution in [2.75, 3.05) is 10.6 Å². The fourth-order valence-electron chi connectivity index (χ4n) is 7.33. The lowest BCUT2D eigenvalue weighted by Gasteiger charge is -2.30. The molecule has 9 rings (SSSR count). The molecule has 1 saturated carbocycles. The minimum Gasteiger partial charge on any atom is -0.387 e. The highest BCUT2D eigenvalue weighted by Gasteiger charge is 2.48. The van der Waals surface area contributed by atoms with E-state index in [4.69, 9.17) is 32.7 Å². The van der Waals surface area contributed by atoms with Gasteiger partial charge in [-0.25, -0.2) is 9.97 Å². The number of halogens is 2. The summed E-state index contributed by atoms with van der Waals surface area (Å²) in [6, 6.07) is 0.00212. The normalized spacial score (nSPS) is 29.5. The molecule has 0 amide bonds. The Morgan fingerprint density at radius 1 is 0.643 bits per heavy atom. The Kier molecular flexibility index (Phi) is 9.59. The van der Waals surface area contributed by atoms with E-state index in [2.05, 4.69) is 71.4 Å². The largest absolute Gasteiger partial charge is 0.387 e. The summed E-state index contributed by atoms with van der Waals surface area (Å²) in [5.74, 6) is 1.12. The number of tetrazole rings is 2. The number of hydrogen-bond acceptors (Lipinski definition) is 20. The summed E-state index contributed by atoms with van der Waals surface area (Å²) in [5, 5.41) is 74.6. The predicted molar refractivity (Wildman–Crippen MR) is 191 cm³/mol. The summed E-state index contributed by atoms with van der Waals surface area (Å²) in [5.41, 5.74) is 1.42. The van der Waals surface area contributed by atoms with Crippen molar-refractivity contribution >= 4 is 57.2 Å². The summed E-state index contributed by atoms with van der Waals surface area (Å²) in [6.07, 6.45) is -3.68. The van der Waals surface area contributed by atoms with Gasteiger partial charge in [0.05, 0.1) is 25.7 Å². The van der Waals surface area contributed by atoms with Gasteiger partial charge < -0.3 is 40.5 Å². The van der Waals surface area contributed by atoms with Gasteiger partial charge in [-0.15, -0.1) is 20.4 Å². The van der Waals surface area contributed by atoms with E-state index in [1.54, 1.807) is 0 Å². The highest BCUT2D eigenvalue weighted by Crippen LogP contribution is 2.41. The summed E-state index contributed by atoms with van der Waals surface area (Å²) in [4.78, 5) is 29.3. The van der Waals surface area contributed by atoms with Crippen molar-refractivity contribution in [2.24, 2.45) is 0 Å². The maximum atomic E-state index is 11.0. The van der Waals surface area contributed by atoms with Crippen LogP contribution in [0.5, 0.6) is 0 Å². The zero-order valence-corrected chi connectivity index (χ0v) is 31.2. The number of anilines is 2. The summed E-state index contributed by atoms with van der Waals surface area (Å²) in [7, 11) is 0. The number of aryl methyl sites for hydroxylation is 2. The van der Waals surface area contributed by atoms with Crippen molar-refractivity contribution < 1.29 is 29.9 Å². The van der Waals surface area contributed by atoms with Gasteiger partial charge in [-0.2, -0.15) is 29.5 Å². The lowest BCUT2D eigenvalue weighted by Crippen LogP contribution is -2.33. The molecule has 2 unspecified atom stereocenters. The molecule has 296 valence electrons. The molecule has 24 nitrogen and oxygen atoms in total. The Morgan fingerprint density at radius 2 is 1.05 bits per heavy atom. The summed E-state index contributed by atoms with van der Waals surface area (Å²) >= 11 is 12.8. The van der Waals surface area contributed by atoms with Crippen molar-refractivity contribution in [3.8, 4) is 0 Å². The van der Waals surface area contributed by atoms with E-state index in [9.17, 15) is 20.4 Å². The van der Waals surface area contributed by atoms with E-state index in [0.29, 0.717) is 47.1 Å². The first-order valence-electron chi connectivity index (χ1n) is 18.0. The van der Waals surface area contributed by atoms with Gasteiger partial charge in [-0.1, -0.05) is 0 Å². The number of hydrogen-bond donors (Lipinski definition) is 6. The molecule has 8 heterocycles. The highest BCUT2D eigenvalue weighted by molar-refractivity contribution is 6.29. The minimum atomic E-state index is -1.35. The lowest BCUT2D eigenvalue weighted by atomic mass is 9.91. The molecule has 2 aliphatic heterocycles. The Bertz CT molecular complexity index is 2200. The average Bonchev–Trinajstić information content (AvgIpc) is 4.05. The third-order valence-electron chi connectivity index (χ3n) is 10.2. The van der Waals surface area contributed by atoms with E-state index in [0.717, 1.165) is 25.7 Å². The number of aromatic nitrogens is 16. The lowest BCUT2D eigenvalue weighted by molar-refractivity contribution is -0.0384. The molecule has 8 atom stereocenters. The first kappa shape index (κ1) is 36.8. The van der Waals surface area contributed by atoms with Gasteiger partial charge in [0, 0.05) is 12.1 Å². The van der Waals surface area contributed by atoms with E-state index in [1.165, 1.54) is 31.4 Å². The van der Waals surface area contributed by atoms with Gasteiger partial charge in [0.2, 0.25) is 22.2 Å². The molecule has 26 heteroatoms. The third kappa shape index (κ3) is 6.44. The van der Waals surface area contributed by atoms with Crippen LogP contribution in [-0.4, -0.2) is 136 Å². The molecule has 0 bridgehead atoms. The standard InChI is InChI=1S/C30H36Cl2N18O6/c1-3-49-43-23(41-45-49)19-15(51)17(53)27(55-19)47-9-33-13-21(37-29(31)39-25(13)47)35-11-5-7-12(8-6-11)36-22-14-26(40-30(32)38-22)48(10-34-14)28-18(54)16(52)20(56-28)24-42-46-50(4-2)44-24/h9-12,15-20,27-28,51-54H,3-8H2,1-2H3,(H,35,37,39)(H,36,38,40)/t11-,12-,15-,16-,17+,18+,19-,20-,27?,28?/m0/s1. The van der Waals surface area contributed by atoms with Crippen molar-refractivity contribution in [3.63, 3.8) is 0 Å². The van der Waals surface area contributed by atoms with Crippen LogP contribution in [0.2, 0.25) is 10.6 Å². The molecule has 6 aromatic rings. The topological polar surface area (TPSA) is 298 Å².